The van der Waals surface area contributed by atoms with Crippen LogP contribution in [0.4, 0.5) is 0 Å². The fourth-order valence-corrected chi connectivity index (χ4v) is 4.10. The van der Waals surface area contributed by atoms with Gasteiger partial charge in [0.1, 0.15) is 27.8 Å². The van der Waals surface area contributed by atoms with Gasteiger partial charge in [-0.2, -0.15) is 0 Å². The largest absolute Gasteiger partial charge is 0.455 e. The Morgan fingerprint density at radius 1 is 1.21 bits per heavy atom. The van der Waals surface area contributed by atoms with Crippen LogP contribution in [0.1, 0.15) is 32.3 Å². The summed E-state index contributed by atoms with van der Waals surface area (Å²) in [5.74, 6) is -0.0985. The van der Waals surface area contributed by atoms with Crippen LogP contribution in [0.2, 0.25) is 0 Å². The number of hydrogen-bond acceptors (Lipinski definition) is 7. The summed E-state index contributed by atoms with van der Waals surface area (Å²) in [6.07, 6.45) is 1.66. The first-order chi connectivity index (χ1) is 13.3. The van der Waals surface area contributed by atoms with Crippen LogP contribution in [-0.4, -0.2) is 25.3 Å². The second kappa shape index (κ2) is 6.68. The van der Waals surface area contributed by atoms with Gasteiger partial charge in [-0.05, 0) is 44.0 Å². The zero-order valence-electron chi connectivity index (χ0n) is 15.4. The van der Waals surface area contributed by atoms with E-state index in [1.54, 1.807) is 26.1 Å². The summed E-state index contributed by atoms with van der Waals surface area (Å²) < 4.78 is 6.77. The van der Waals surface area contributed by atoms with Gasteiger partial charge in [-0.1, -0.05) is 0 Å². The van der Waals surface area contributed by atoms with Gasteiger partial charge in [0.25, 0.3) is 11.1 Å². The lowest BCUT2D eigenvalue weighted by atomic mass is 10.2. The van der Waals surface area contributed by atoms with Gasteiger partial charge < -0.3 is 9.72 Å². The number of esters is 1. The summed E-state index contributed by atoms with van der Waals surface area (Å²) in [5, 5.41) is 0.389. The molecule has 0 saturated carbocycles. The van der Waals surface area contributed by atoms with Crippen molar-refractivity contribution in [2.45, 2.75) is 27.4 Å². The average molecular weight is 396 g/mol. The van der Waals surface area contributed by atoms with Crippen molar-refractivity contribution >= 4 is 33.2 Å². The summed E-state index contributed by atoms with van der Waals surface area (Å²) in [6.45, 7) is 5.13. The average Bonchev–Trinajstić information content (AvgIpc) is 2.96. The monoisotopic (exact) mass is 396 g/mol. The second-order valence-corrected chi connectivity index (χ2v) is 7.48. The number of pyridine rings is 1. The normalized spacial score (nSPS) is 11.2. The third-order valence-electron chi connectivity index (χ3n) is 4.33. The number of carbonyl (C=O) groups is 1. The molecule has 9 heteroatoms. The molecule has 4 heterocycles. The number of rotatable bonds is 3. The lowest BCUT2D eigenvalue weighted by Gasteiger charge is -2.06. The summed E-state index contributed by atoms with van der Waals surface area (Å²) in [7, 11) is 0. The molecule has 0 saturated heterocycles. The van der Waals surface area contributed by atoms with Crippen LogP contribution in [0.15, 0.2) is 34.0 Å². The predicted molar refractivity (Wildman–Crippen MR) is 105 cm³/mol. The highest BCUT2D eigenvalue weighted by Gasteiger charge is 2.20. The van der Waals surface area contributed by atoms with Gasteiger partial charge in [0.05, 0.1) is 11.1 Å². The number of fused-ring (bicyclic) bond motifs is 2. The standard InChI is InChI=1S/C19H16N4O4S/c1-9-4-5-23-13(6-9)22-12(7-14(23)24)8-27-19(26)16-10(2)15-17(25)20-11(3)21-18(15)28-16/h4-7H,8H2,1-3H3,(H,20,21,25). The van der Waals surface area contributed by atoms with Crippen LogP contribution in [0, 0.1) is 20.8 Å². The topological polar surface area (TPSA) is 106 Å². The van der Waals surface area contributed by atoms with Crippen LogP contribution in [-0.2, 0) is 11.3 Å². The molecule has 0 fully saturated rings. The molecule has 142 valence electrons. The number of nitrogens with zero attached hydrogens (tertiary/aromatic N) is 3. The van der Waals surface area contributed by atoms with Crippen molar-refractivity contribution in [1.82, 2.24) is 19.4 Å². The highest BCUT2D eigenvalue weighted by Crippen LogP contribution is 2.27. The fraction of sp³-hybridized carbons (Fsp3) is 0.211. The highest BCUT2D eigenvalue weighted by molar-refractivity contribution is 7.20. The number of aromatic amines is 1. The molecule has 0 aliphatic carbocycles. The van der Waals surface area contributed by atoms with Crippen molar-refractivity contribution in [3.05, 3.63) is 72.6 Å². The number of hydrogen-bond donors (Lipinski definition) is 1. The maximum Gasteiger partial charge on any atom is 0.349 e. The smallest absolute Gasteiger partial charge is 0.349 e. The number of H-pyrrole nitrogens is 1. The van der Waals surface area contributed by atoms with Crippen molar-refractivity contribution in [3.8, 4) is 0 Å². The van der Waals surface area contributed by atoms with E-state index in [0.29, 0.717) is 37.8 Å². The third-order valence-corrected chi connectivity index (χ3v) is 5.50. The molecule has 0 aliphatic heterocycles. The molecule has 4 aromatic heterocycles. The van der Waals surface area contributed by atoms with Gasteiger partial charge in [-0.25, -0.2) is 14.8 Å². The Labute approximate surface area is 162 Å². The molecule has 0 aliphatic rings. The second-order valence-electron chi connectivity index (χ2n) is 6.48. The molecule has 0 atom stereocenters. The molecule has 28 heavy (non-hydrogen) atoms. The molecule has 0 aromatic carbocycles. The Morgan fingerprint density at radius 3 is 2.79 bits per heavy atom. The Kier molecular flexibility index (Phi) is 4.31. The first-order valence-corrected chi connectivity index (χ1v) is 9.31. The lowest BCUT2D eigenvalue weighted by molar-refractivity contribution is 0.0473. The fourth-order valence-electron chi connectivity index (χ4n) is 2.98. The van der Waals surface area contributed by atoms with Crippen molar-refractivity contribution in [2.75, 3.05) is 0 Å². The van der Waals surface area contributed by atoms with Crippen molar-refractivity contribution in [1.29, 1.82) is 0 Å². The summed E-state index contributed by atoms with van der Waals surface area (Å²) in [5.41, 5.74) is 1.81. The zero-order valence-corrected chi connectivity index (χ0v) is 16.2. The number of carbonyl (C=O) groups excluding carboxylic acids is 1. The molecule has 0 radical (unpaired) electrons. The van der Waals surface area contributed by atoms with Crippen LogP contribution < -0.4 is 11.1 Å². The number of nitrogens with one attached hydrogen (secondary N) is 1. The Hall–Kier alpha value is -3.33. The molecular formula is C19H16N4O4S. The molecule has 1 N–H and O–H groups in total. The van der Waals surface area contributed by atoms with E-state index in [1.807, 2.05) is 13.0 Å². The Balaban J connectivity index is 1.63. The van der Waals surface area contributed by atoms with E-state index in [0.717, 1.165) is 16.9 Å². The third kappa shape index (κ3) is 3.09. The summed E-state index contributed by atoms with van der Waals surface area (Å²) >= 11 is 1.11. The van der Waals surface area contributed by atoms with E-state index in [2.05, 4.69) is 15.0 Å². The molecule has 0 unspecified atom stereocenters. The first kappa shape index (κ1) is 18.1. The Morgan fingerprint density at radius 2 is 2.00 bits per heavy atom. The maximum absolute atomic E-state index is 12.5. The summed E-state index contributed by atoms with van der Waals surface area (Å²) in [4.78, 5) is 49.0. The molecule has 0 spiro atoms. The van der Waals surface area contributed by atoms with Gasteiger partial charge in [0.15, 0.2) is 0 Å². The number of thiophene rings is 1. The SMILES string of the molecule is Cc1ccn2c(=O)cc(COC(=O)c3sc4nc(C)[nH]c(=O)c4c3C)nc2c1. The van der Waals surface area contributed by atoms with E-state index in [9.17, 15) is 14.4 Å². The minimum atomic E-state index is -0.580. The first-order valence-electron chi connectivity index (χ1n) is 8.49. The van der Waals surface area contributed by atoms with E-state index in [-0.39, 0.29) is 17.7 Å². The van der Waals surface area contributed by atoms with Crippen LogP contribution in [0.25, 0.3) is 15.9 Å². The number of aromatic nitrogens is 4. The molecular weight excluding hydrogens is 380 g/mol. The number of ether oxygens (including phenoxy) is 1. The van der Waals surface area contributed by atoms with Crippen LogP contribution in [0.5, 0.6) is 0 Å². The van der Waals surface area contributed by atoms with Crippen LogP contribution in [0.3, 0.4) is 0 Å². The maximum atomic E-state index is 12.5. The molecule has 4 rings (SSSR count). The predicted octanol–water partition coefficient (Wildman–Crippen LogP) is 2.27. The molecule has 8 nitrogen and oxygen atoms in total. The van der Waals surface area contributed by atoms with Crippen LogP contribution >= 0.6 is 11.3 Å². The molecule has 0 amide bonds. The van der Waals surface area contributed by atoms with Crippen molar-refractivity contribution in [3.63, 3.8) is 0 Å². The van der Waals surface area contributed by atoms with E-state index < -0.39 is 5.97 Å². The minimum Gasteiger partial charge on any atom is -0.455 e. The van der Waals surface area contributed by atoms with Gasteiger partial charge in [-0.3, -0.25) is 14.0 Å². The zero-order chi connectivity index (χ0) is 20.0. The van der Waals surface area contributed by atoms with E-state index >= 15 is 0 Å². The highest BCUT2D eigenvalue weighted by atomic mass is 32.1. The Bertz CT molecular complexity index is 1370. The van der Waals surface area contributed by atoms with E-state index in [4.69, 9.17) is 4.74 Å². The lowest BCUT2D eigenvalue weighted by Crippen LogP contribution is -2.16. The van der Waals surface area contributed by atoms with Gasteiger partial charge in [-0.15, -0.1) is 11.3 Å². The molecule has 0 bridgehead atoms. The molecule has 4 aromatic rings. The van der Waals surface area contributed by atoms with Gasteiger partial charge in [0, 0.05) is 12.3 Å². The quantitative estimate of drug-likeness (QED) is 0.533. The van der Waals surface area contributed by atoms with Gasteiger partial charge >= 0.3 is 5.97 Å². The number of aryl methyl sites for hydroxylation is 3. The van der Waals surface area contributed by atoms with E-state index in [1.165, 1.54) is 10.5 Å². The van der Waals surface area contributed by atoms with Gasteiger partial charge in [0.2, 0.25) is 0 Å². The summed E-state index contributed by atoms with van der Waals surface area (Å²) in [6, 6.07) is 4.93. The van der Waals surface area contributed by atoms with Crippen molar-refractivity contribution < 1.29 is 9.53 Å². The minimum absolute atomic E-state index is 0.144. The van der Waals surface area contributed by atoms with Crippen molar-refractivity contribution in [2.24, 2.45) is 0 Å².